The topological polar surface area (TPSA) is 18.5 Å². The predicted octanol–water partition coefficient (Wildman–Crippen LogP) is 3.58. The van der Waals surface area contributed by atoms with Gasteiger partial charge in [0.1, 0.15) is 5.75 Å². The van der Waals surface area contributed by atoms with E-state index in [-0.39, 0.29) is 0 Å². The Bertz CT molecular complexity index is 350. The molecule has 17 heavy (non-hydrogen) atoms. The number of ether oxygens (including phenoxy) is 2. The van der Waals surface area contributed by atoms with Gasteiger partial charge in [0.25, 0.3) is 0 Å². The average molecular weight is 234 g/mol. The van der Waals surface area contributed by atoms with Gasteiger partial charge in [-0.15, -0.1) is 0 Å². The van der Waals surface area contributed by atoms with Crippen molar-refractivity contribution in [1.82, 2.24) is 0 Å². The van der Waals surface area contributed by atoms with Crippen LogP contribution < -0.4 is 4.74 Å². The van der Waals surface area contributed by atoms with Gasteiger partial charge in [0, 0.05) is 5.41 Å². The Labute approximate surface area is 104 Å². The van der Waals surface area contributed by atoms with Gasteiger partial charge < -0.3 is 9.47 Å². The van der Waals surface area contributed by atoms with Crippen LogP contribution in [0.15, 0.2) is 24.3 Å². The van der Waals surface area contributed by atoms with Crippen molar-refractivity contribution >= 4 is 0 Å². The van der Waals surface area contributed by atoms with Crippen molar-refractivity contribution in [2.45, 2.75) is 33.1 Å². The second-order valence-corrected chi connectivity index (χ2v) is 5.11. The van der Waals surface area contributed by atoms with Crippen molar-refractivity contribution in [3.8, 4) is 5.75 Å². The fourth-order valence-electron chi connectivity index (χ4n) is 2.26. The largest absolute Gasteiger partial charge is 0.494 e. The van der Waals surface area contributed by atoms with Gasteiger partial charge in [-0.1, -0.05) is 19.1 Å². The van der Waals surface area contributed by atoms with Gasteiger partial charge in [0.05, 0.1) is 19.8 Å². The predicted molar refractivity (Wildman–Crippen MR) is 69.5 cm³/mol. The Morgan fingerprint density at radius 2 is 2.18 bits per heavy atom. The van der Waals surface area contributed by atoms with E-state index in [2.05, 4.69) is 26.0 Å². The highest BCUT2D eigenvalue weighted by Gasteiger charge is 2.35. The van der Waals surface area contributed by atoms with Gasteiger partial charge in [0.15, 0.2) is 0 Å². The summed E-state index contributed by atoms with van der Waals surface area (Å²) >= 11 is 0. The van der Waals surface area contributed by atoms with Crippen LogP contribution in [0.3, 0.4) is 0 Å². The zero-order valence-electron chi connectivity index (χ0n) is 10.9. The highest BCUT2D eigenvalue weighted by atomic mass is 16.5. The van der Waals surface area contributed by atoms with Crippen molar-refractivity contribution in [2.24, 2.45) is 5.41 Å². The molecule has 1 aliphatic rings. The maximum absolute atomic E-state index is 5.75. The average Bonchev–Trinajstić information content (AvgIpc) is 2.27. The minimum atomic E-state index is 0.454. The molecule has 0 saturated carbocycles. The van der Waals surface area contributed by atoms with Gasteiger partial charge in [0.2, 0.25) is 0 Å². The smallest absolute Gasteiger partial charge is 0.119 e. The van der Waals surface area contributed by atoms with Crippen molar-refractivity contribution < 1.29 is 9.47 Å². The molecule has 0 atom stereocenters. The van der Waals surface area contributed by atoms with E-state index in [1.807, 2.05) is 12.1 Å². The second kappa shape index (κ2) is 5.54. The molecule has 0 aromatic heterocycles. The van der Waals surface area contributed by atoms with E-state index < -0.39 is 0 Å². The van der Waals surface area contributed by atoms with E-state index in [0.29, 0.717) is 5.41 Å². The molecule has 0 amide bonds. The van der Waals surface area contributed by atoms with Gasteiger partial charge in [-0.3, -0.25) is 0 Å². The highest BCUT2D eigenvalue weighted by Crippen LogP contribution is 2.35. The summed E-state index contributed by atoms with van der Waals surface area (Å²) in [4.78, 5) is 0. The fraction of sp³-hybridized carbons (Fsp3) is 0.600. The quantitative estimate of drug-likeness (QED) is 0.700. The standard InChI is InChI=1S/C15H22O2/c1-3-15(11-16-12-15)8-5-9-17-14-7-4-6-13(2)10-14/h4,6-7,10H,3,5,8-9,11-12H2,1-2H3. The molecule has 94 valence electrons. The maximum Gasteiger partial charge on any atom is 0.119 e. The molecule has 0 unspecified atom stereocenters. The molecule has 2 nitrogen and oxygen atoms in total. The third-order valence-electron chi connectivity index (χ3n) is 3.68. The summed E-state index contributed by atoms with van der Waals surface area (Å²) in [6, 6.07) is 8.24. The lowest BCUT2D eigenvalue weighted by molar-refractivity contribution is -0.120. The zero-order valence-corrected chi connectivity index (χ0v) is 10.9. The van der Waals surface area contributed by atoms with Crippen molar-refractivity contribution in [3.05, 3.63) is 29.8 Å². The van der Waals surface area contributed by atoms with Crippen LogP contribution in [-0.2, 0) is 4.74 Å². The molecular formula is C15H22O2. The summed E-state index contributed by atoms with van der Waals surface area (Å²) in [5.41, 5.74) is 1.70. The highest BCUT2D eigenvalue weighted by molar-refractivity contribution is 5.27. The molecule has 2 heteroatoms. The van der Waals surface area contributed by atoms with Crippen LogP contribution in [0.2, 0.25) is 0 Å². The molecule has 1 aliphatic heterocycles. The normalized spacial score (nSPS) is 17.5. The number of hydrogen-bond acceptors (Lipinski definition) is 2. The fourth-order valence-corrected chi connectivity index (χ4v) is 2.26. The van der Waals surface area contributed by atoms with E-state index in [1.165, 1.54) is 18.4 Å². The molecule has 1 aromatic rings. The summed E-state index contributed by atoms with van der Waals surface area (Å²) in [6.07, 6.45) is 3.55. The molecule has 0 radical (unpaired) electrons. The van der Waals surface area contributed by atoms with E-state index in [9.17, 15) is 0 Å². The molecule has 0 N–H and O–H groups in total. The summed E-state index contributed by atoms with van der Waals surface area (Å²) in [5.74, 6) is 0.986. The third-order valence-corrected chi connectivity index (χ3v) is 3.68. The van der Waals surface area contributed by atoms with Gasteiger partial charge >= 0.3 is 0 Å². The Morgan fingerprint density at radius 1 is 1.35 bits per heavy atom. The number of hydrogen-bond donors (Lipinski definition) is 0. The van der Waals surface area contributed by atoms with Crippen molar-refractivity contribution in [2.75, 3.05) is 19.8 Å². The summed E-state index contributed by atoms with van der Waals surface area (Å²) < 4.78 is 11.1. The Balaban J connectivity index is 1.69. The minimum Gasteiger partial charge on any atom is -0.494 e. The Kier molecular flexibility index (Phi) is 4.06. The first kappa shape index (κ1) is 12.4. The first-order chi connectivity index (χ1) is 8.24. The van der Waals surface area contributed by atoms with Crippen LogP contribution in [0, 0.1) is 12.3 Å². The monoisotopic (exact) mass is 234 g/mol. The summed E-state index contributed by atoms with van der Waals surface area (Å²) in [6.45, 7) is 7.03. The number of aryl methyl sites for hydroxylation is 1. The van der Waals surface area contributed by atoms with E-state index in [1.54, 1.807) is 0 Å². The lowest BCUT2D eigenvalue weighted by Crippen LogP contribution is -2.42. The second-order valence-electron chi connectivity index (χ2n) is 5.11. The summed E-state index contributed by atoms with van der Waals surface area (Å²) in [5, 5.41) is 0. The first-order valence-corrected chi connectivity index (χ1v) is 6.51. The van der Waals surface area contributed by atoms with Crippen LogP contribution in [-0.4, -0.2) is 19.8 Å². The molecule has 1 saturated heterocycles. The van der Waals surface area contributed by atoms with Crippen LogP contribution in [0.5, 0.6) is 5.75 Å². The summed E-state index contributed by atoms with van der Waals surface area (Å²) in [7, 11) is 0. The van der Waals surface area contributed by atoms with Crippen LogP contribution in [0.4, 0.5) is 0 Å². The maximum atomic E-state index is 5.75. The number of benzene rings is 1. The molecule has 0 aliphatic carbocycles. The van der Waals surface area contributed by atoms with E-state index >= 15 is 0 Å². The third kappa shape index (κ3) is 3.22. The molecule has 1 fully saturated rings. The van der Waals surface area contributed by atoms with E-state index in [0.717, 1.165) is 32.0 Å². The van der Waals surface area contributed by atoms with Crippen molar-refractivity contribution in [3.63, 3.8) is 0 Å². The number of rotatable bonds is 6. The molecular weight excluding hydrogens is 212 g/mol. The zero-order chi connectivity index (χ0) is 12.1. The lowest BCUT2D eigenvalue weighted by Gasteiger charge is -2.41. The molecule has 0 bridgehead atoms. The van der Waals surface area contributed by atoms with Crippen LogP contribution >= 0.6 is 0 Å². The van der Waals surface area contributed by atoms with E-state index in [4.69, 9.17) is 9.47 Å². The first-order valence-electron chi connectivity index (χ1n) is 6.51. The Morgan fingerprint density at radius 3 is 2.76 bits per heavy atom. The van der Waals surface area contributed by atoms with Crippen LogP contribution in [0.25, 0.3) is 0 Å². The molecule has 0 spiro atoms. The van der Waals surface area contributed by atoms with Gasteiger partial charge in [-0.25, -0.2) is 0 Å². The lowest BCUT2D eigenvalue weighted by atomic mass is 9.79. The van der Waals surface area contributed by atoms with Gasteiger partial charge in [-0.05, 0) is 43.9 Å². The van der Waals surface area contributed by atoms with Gasteiger partial charge in [-0.2, -0.15) is 0 Å². The minimum absolute atomic E-state index is 0.454. The Hall–Kier alpha value is -1.02. The van der Waals surface area contributed by atoms with Crippen molar-refractivity contribution in [1.29, 1.82) is 0 Å². The van der Waals surface area contributed by atoms with Crippen LogP contribution in [0.1, 0.15) is 31.7 Å². The molecule has 1 heterocycles. The SMILES string of the molecule is CCC1(CCCOc2cccc(C)c2)COC1. The molecule has 2 rings (SSSR count). The molecule has 1 aromatic carbocycles.